The fourth-order valence-corrected chi connectivity index (χ4v) is 4.59. The summed E-state index contributed by atoms with van der Waals surface area (Å²) in [5.74, 6) is -0.166. The van der Waals surface area contributed by atoms with E-state index in [2.05, 4.69) is 15.2 Å². The minimum atomic E-state index is -0.0859. The lowest BCUT2D eigenvalue weighted by Crippen LogP contribution is -2.42. The van der Waals surface area contributed by atoms with Crippen molar-refractivity contribution in [3.63, 3.8) is 0 Å². The van der Waals surface area contributed by atoms with Crippen LogP contribution >= 0.6 is 0 Å². The number of nitrogens with one attached hydrogen (secondary N) is 2. The number of piperidine rings is 1. The third-order valence-electron chi connectivity index (χ3n) is 6.16. The van der Waals surface area contributed by atoms with E-state index in [1.165, 1.54) is 39.0 Å². The Morgan fingerprint density at radius 3 is 2.48 bits per heavy atom. The number of hydrogen-bond donors (Lipinski definition) is 2. The SMILES string of the molecule is CC(=O)c1[nH]c2ccccc2c1NC(=O)CN1CCC(OC2CCCCC2)CC1. The van der Waals surface area contributed by atoms with Crippen LogP contribution in [0.1, 0.15) is 62.4 Å². The van der Waals surface area contributed by atoms with Crippen LogP contribution in [-0.4, -0.2) is 53.4 Å². The second kappa shape index (κ2) is 9.09. The number of ketones is 1. The summed E-state index contributed by atoms with van der Waals surface area (Å²) in [6.07, 6.45) is 9.06. The number of benzene rings is 1. The first-order valence-electron chi connectivity index (χ1n) is 10.9. The molecule has 6 nitrogen and oxygen atoms in total. The van der Waals surface area contributed by atoms with Gasteiger partial charge in [0.05, 0.1) is 24.4 Å². The highest BCUT2D eigenvalue weighted by Crippen LogP contribution is 2.28. The van der Waals surface area contributed by atoms with Crippen molar-refractivity contribution in [2.45, 2.75) is 64.1 Å². The number of likely N-dealkylation sites (tertiary alicyclic amines) is 1. The van der Waals surface area contributed by atoms with Crippen molar-refractivity contribution in [2.75, 3.05) is 25.0 Å². The lowest BCUT2D eigenvalue weighted by atomic mass is 9.97. The molecule has 2 N–H and O–H groups in total. The molecule has 1 amide bonds. The number of carbonyl (C=O) groups excluding carboxylic acids is 2. The van der Waals surface area contributed by atoms with Crippen LogP contribution in [0.25, 0.3) is 10.9 Å². The first-order valence-corrected chi connectivity index (χ1v) is 10.9. The Morgan fingerprint density at radius 1 is 1.07 bits per heavy atom. The summed E-state index contributed by atoms with van der Waals surface area (Å²) in [5.41, 5.74) is 1.90. The molecular weight excluding hydrogens is 366 g/mol. The summed E-state index contributed by atoms with van der Waals surface area (Å²) in [6.45, 7) is 3.60. The largest absolute Gasteiger partial charge is 0.375 e. The summed E-state index contributed by atoms with van der Waals surface area (Å²) in [5, 5.41) is 3.84. The standard InChI is InChI=1S/C23H31N3O3/c1-16(27)22-23(19-9-5-6-10-20(19)24-22)25-21(28)15-26-13-11-18(12-14-26)29-17-7-3-2-4-8-17/h5-6,9-10,17-18,24H,2-4,7-8,11-15H2,1H3,(H,25,28). The molecule has 2 fully saturated rings. The van der Waals surface area contributed by atoms with Crippen molar-refractivity contribution in [2.24, 2.45) is 0 Å². The zero-order valence-corrected chi connectivity index (χ0v) is 17.2. The van der Waals surface area contributed by atoms with Gasteiger partial charge in [-0.15, -0.1) is 0 Å². The molecule has 1 saturated heterocycles. The molecule has 1 aromatic carbocycles. The Labute approximate surface area is 172 Å². The number of aromatic amines is 1. The maximum absolute atomic E-state index is 12.7. The molecule has 0 radical (unpaired) electrons. The predicted molar refractivity (Wildman–Crippen MR) is 114 cm³/mol. The summed E-state index contributed by atoms with van der Waals surface area (Å²) in [4.78, 5) is 30.0. The van der Waals surface area contributed by atoms with E-state index in [1.54, 1.807) is 0 Å². The number of fused-ring (bicyclic) bond motifs is 1. The molecule has 2 aromatic rings. The summed E-state index contributed by atoms with van der Waals surface area (Å²) in [6, 6.07) is 7.65. The molecule has 1 saturated carbocycles. The van der Waals surface area contributed by atoms with Crippen LogP contribution < -0.4 is 5.32 Å². The third kappa shape index (κ3) is 4.87. The summed E-state index contributed by atoms with van der Waals surface area (Å²) < 4.78 is 6.29. The van der Waals surface area contributed by atoms with Gasteiger partial charge >= 0.3 is 0 Å². The molecule has 0 unspecified atom stereocenters. The monoisotopic (exact) mass is 397 g/mol. The molecule has 156 valence electrons. The molecule has 1 aromatic heterocycles. The Kier molecular flexibility index (Phi) is 6.31. The average molecular weight is 398 g/mol. The van der Waals surface area contributed by atoms with E-state index < -0.39 is 0 Å². The number of ether oxygens (including phenoxy) is 1. The van der Waals surface area contributed by atoms with Gasteiger partial charge in [0.25, 0.3) is 0 Å². The summed E-state index contributed by atoms with van der Waals surface area (Å²) >= 11 is 0. The minimum Gasteiger partial charge on any atom is -0.375 e. The second-order valence-corrected chi connectivity index (χ2v) is 8.40. The van der Waals surface area contributed by atoms with Crippen molar-refractivity contribution in [1.82, 2.24) is 9.88 Å². The van der Waals surface area contributed by atoms with Gasteiger partial charge in [-0.25, -0.2) is 0 Å². The van der Waals surface area contributed by atoms with Crippen molar-refractivity contribution in [3.8, 4) is 0 Å². The zero-order chi connectivity index (χ0) is 20.2. The number of para-hydroxylation sites is 1. The van der Waals surface area contributed by atoms with E-state index in [4.69, 9.17) is 4.74 Å². The van der Waals surface area contributed by atoms with Crippen molar-refractivity contribution >= 4 is 28.3 Å². The Bertz CT molecular complexity index is 861. The molecule has 6 heteroatoms. The van der Waals surface area contributed by atoms with E-state index in [0.717, 1.165) is 36.8 Å². The average Bonchev–Trinajstić information content (AvgIpc) is 3.09. The lowest BCUT2D eigenvalue weighted by molar-refractivity contribution is -0.118. The maximum Gasteiger partial charge on any atom is 0.238 e. The van der Waals surface area contributed by atoms with E-state index in [0.29, 0.717) is 30.1 Å². The minimum absolute atomic E-state index is 0.0797. The molecule has 2 heterocycles. The molecule has 29 heavy (non-hydrogen) atoms. The first-order chi connectivity index (χ1) is 14.1. The van der Waals surface area contributed by atoms with Gasteiger partial charge in [0.2, 0.25) is 5.91 Å². The number of nitrogens with zero attached hydrogens (tertiary/aromatic N) is 1. The second-order valence-electron chi connectivity index (χ2n) is 8.40. The summed E-state index contributed by atoms with van der Waals surface area (Å²) in [7, 11) is 0. The van der Waals surface area contributed by atoms with Crippen LogP contribution in [0.5, 0.6) is 0 Å². The van der Waals surface area contributed by atoms with Gasteiger partial charge in [-0.1, -0.05) is 37.5 Å². The third-order valence-corrected chi connectivity index (χ3v) is 6.16. The van der Waals surface area contributed by atoms with Gasteiger partial charge in [0.15, 0.2) is 5.78 Å². The molecule has 0 spiro atoms. The Morgan fingerprint density at radius 2 is 1.76 bits per heavy atom. The fraction of sp³-hybridized carbons (Fsp3) is 0.565. The smallest absolute Gasteiger partial charge is 0.238 e. The van der Waals surface area contributed by atoms with Crippen LogP contribution in [-0.2, 0) is 9.53 Å². The molecule has 0 atom stereocenters. The van der Waals surface area contributed by atoms with E-state index >= 15 is 0 Å². The Hall–Kier alpha value is -2.18. The first kappa shape index (κ1) is 20.1. The number of aromatic nitrogens is 1. The number of carbonyl (C=O) groups is 2. The normalized spacial score (nSPS) is 19.5. The van der Waals surface area contributed by atoms with Crippen LogP contribution in [0.3, 0.4) is 0 Å². The van der Waals surface area contributed by atoms with Crippen molar-refractivity contribution in [1.29, 1.82) is 0 Å². The van der Waals surface area contributed by atoms with Gasteiger partial charge in [-0.2, -0.15) is 0 Å². The van der Waals surface area contributed by atoms with E-state index in [1.807, 2.05) is 24.3 Å². The highest BCUT2D eigenvalue weighted by Gasteiger charge is 2.25. The van der Waals surface area contributed by atoms with E-state index in [9.17, 15) is 9.59 Å². The molecular formula is C23H31N3O3. The molecule has 1 aliphatic heterocycles. The van der Waals surface area contributed by atoms with Gasteiger partial charge in [0, 0.05) is 30.9 Å². The number of rotatable bonds is 6. The van der Waals surface area contributed by atoms with Gasteiger partial charge in [-0.05, 0) is 31.7 Å². The van der Waals surface area contributed by atoms with E-state index in [-0.39, 0.29) is 11.7 Å². The van der Waals surface area contributed by atoms with Gasteiger partial charge < -0.3 is 15.0 Å². The predicted octanol–water partition coefficient (Wildman–Crippen LogP) is 4.12. The molecule has 2 aliphatic rings. The molecule has 4 rings (SSSR count). The Balaban J connectivity index is 1.31. The van der Waals surface area contributed by atoms with Gasteiger partial charge in [0.1, 0.15) is 5.69 Å². The number of anilines is 1. The van der Waals surface area contributed by atoms with Crippen LogP contribution in [0.15, 0.2) is 24.3 Å². The number of H-pyrrole nitrogens is 1. The number of Topliss-reactive ketones (excluding diaryl/α,β-unsaturated/α-hetero) is 1. The van der Waals surface area contributed by atoms with Crippen molar-refractivity contribution in [3.05, 3.63) is 30.0 Å². The fourth-order valence-electron chi connectivity index (χ4n) is 4.59. The van der Waals surface area contributed by atoms with Crippen LogP contribution in [0, 0.1) is 0 Å². The quantitative estimate of drug-likeness (QED) is 0.719. The number of amides is 1. The molecule has 1 aliphatic carbocycles. The van der Waals surface area contributed by atoms with Gasteiger partial charge in [-0.3, -0.25) is 14.5 Å². The van der Waals surface area contributed by atoms with Crippen LogP contribution in [0.4, 0.5) is 5.69 Å². The lowest BCUT2D eigenvalue weighted by Gasteiger charge is -2.34. The highest BCUT2D eigenvalue weighted by atomic mass is 16.5. The molecule has 0 bridgehead atoms. The van der Waals surface area contributed by atoms with Crippen LogP contribution in [0.2, 0.25) is 0 Å². The van der Waals surface area contributed by atoms with Crippen molar-refractivity contribution < 1.29 is 14.3 Å². The highest BCUT2D eigenvalue weighted by molar-refractivity contribution is 6.12. The maximum atomic E-state index is 12.7. The number of hydrogen-bond acceptors (Lipinski definition) is 4. The zero-order valence-electron chi connectivity index (χ0n) is 17.2. The topological polar surface area (TPSA) is 74.4 Å².